The molecule has 1 aromatic rings. The van der Waals surface area contributed by atoms with Crippen LogP contribution in [0.3, 0.4) is 0 Å². The largest absolute Gasteiger partial charge is 0.469 e. The van der Waals surface area contributed by atoms with Crippen LogP contribution in [0.2, 0.25) is 0 Å². The van der Waals surface area contributed by atoms with Gasteiger partial charge < -0.3 is 9.73 Å². The lowest BCUT2D eigenvalue weighted by Gasteiger charge is -2.12. The van der Waals surface area contributed by atoms with Crippen molar-refractivity contribution in [3.8, 4) is 0 Å². The van der Waals surface area contributed by atoms with Crippen molar-refractivity contribution < 1.29 is 12.8 Å². The number of hydrogen-bond donors (Lipinski definition) is 1. The van der Waals surface area contributed by atoms with E-state index >= 15 is 0 Å². The van der Waals surface area contributed by atoms with E-state index < -0.39 is 9.84 Å². The molecule has 0 saturated carbocycles. The van der Waals surface area contributed by atoms with Crippen molar-refractivity contribution in [3.63, 3.8) is 0 Å². The average molecular weight is 259 g/mol. The number of rotatable bonds is 8. The van der Waals surface area contributed by atoms with E-state index in [0.717, 1.165) is 18.6 Å². The summed E-state index contributed by atoms with van der Waals surface area (Å²) in [5, 5.41) is 3.21. The maximum atomic E-state index is 11.3. The molecule has 1 atom stereocenters. The van der Waals surface area contributed by atoms with Gasteiger partial charge in [-0.3, -0.25) is 0 Å². The fourth-order valence-electron chi connectivity index (χ4n) is 1.52. The number of hydrogen-bond acceptors (Lipinski definition) is 4. The van der Waals surface area contributed by atoms with Crippen LogP contribution in [0.15, 0.2) is 22.8 Å². The molecule has 0 aliphatic heterocycles. The number of furan rings is 1. The van der Waals surface area contributed by atoms with Crippen LogP contribution >= 0.6 is 0 Å². The minimum atomic E-state index is -2.85. The third-order valence-corrected chi connectivity index (χ3v) is 4.46. The summed E-state index contributed by atoms with van der Waals surface area (Å²) in [7, 11) is -2.85. The van der Waals surface area contributed by atoms with Crippen LogP contribution in [0, 0.1) is 0 Å². The van der Waals surface area contributed by atoms with Crippen molar-refractivity contribution in [1.82, 2.24) is 5.32 Å². The molecule has 0 aromatic carbocycles. The van der Waals surface area contributed by atoms with Gasteiger partial charge in [0.2, 0.25) is 0 Å². The van der Waals surface area contributed by atoms with E-state index in [4.69, 9.17) is 4.42 Å². The summed E-state index contributed by atoms with van der Waals surface area (Å²) >= 11 is 0. The number of nitrogens with one attached hydrogen (secondary N) is 1. The van der Waals surface area contributed by atoms with E-state index in [9.17, 15) is 8.42 Å². The predicted octanol–water partition coefficient (Wildman–Crippen LogP) is 1.62. The van der Waals surface area contributed by atoms with Crippen LogP contribution in [0.4, 0.5) is 0 Å². The summed E-state index contributed by atoms with van der Waals surface area (Å²) in [5.74, 6) is 1.41. The second kappa shape index (κ2) is 6.81. The smallest absolute Gasteiger partial charge is 0.151 e. The molecule has 0 aliphatic rings. The summed E-state index contributed by atoms with van der Waals surface area (Å²) in [5.41, 5.74) is 0. The van der Waals surface area contributed by atoms with Crippen LogP contribution in [-0.4, -0.2) is 32.5 Å². The first-order chi connectivity index (χ1) is 8.03. The molecule has 98 valence electrons. The lowest BCUT2D eigenvalue weighted by atomic mass is 10.1. The second-order valence-corrected chi connectivity index (χ2v) is 6.68. The molecule has 0 amide bonds. The molecule has 0 spiro atoms. The number of aryl methyl sites for hydroxylation is 1. The van der Waals surface area contributed by atoms with E-state index in [0.29, 0.717) is 12.6 Å². The van der Waals surface area contributed by atoms with Crippen LogP contribution in [0.1, 0.15) is 26.0 Å². The molecule has 0 aliphatic carbocycles. The number of sulfone groups is 1. The summed E-state index contributed by atoms with van der Waals surface area (Å²) in [6.45, 7) is 4.26. The van der Waals surface area contributed by atoms with Gasteiger partial charge in [-0.25, -0.2) is 8.42 Å². The van der Waals surface area contributed by atoms with Crippen LogP contribution in [0.25, 0.3) is 0 Å². The highest BCUT2D eigenvalue weighted by molar-refractivity contribution is 7.91. The lowest BCUT2D eigenvalue weighted by molar-refractivity contribution is 0.465. The van der Waals surface area contributed by atoms with Gasteiger partial charge in [0.05, 0.1) is 12.0 Å². The van der Waals surface area contributed by atoms with E-state index in [1.807, 2.05) is 12.1 Å². The fraction of sp³-hybridized carbons (Fsp3) is 0.667. The normalized spacial score (nSPS) is 13.8. The van der Waals surface area contributed by atoms with E-state index in [-0.39, 0.29) is 11.5 Å². The van der Waals surface area contributed by atoms with Gasteiger partial charge in [0.25, 0.3) is 0 Å². The molecule has 0 radical (unpaired) electrons. The zero-order valence-electron chi connectivity index (χ0n) is 10.5. The molecule has 1 aromatic heterocycles. The van der Waals surface area contributed by atoms with E-state index in [1.54, 1.807) is 13.2 Å². The third kappa shape index (κ3) is 5.89. The Balaban J connectivity index is 2.15. The zero-order chi connectivity index (χ0) is 12.7. The maximum Gasteiger partial charge on any atom is 0.151 e. The molecule has 1 unspecified atom stereocenters. The highest BCUT2D eigenvalue weighted by atomic mass is 32.2. The molecule has 0 fully saturated rings. The Labute approximate surface area is 103 Å². The van der Waals surface area contributed by atoms with Crippen molar-refractivity contribution in [2.75, 3.05) is 18.1 Å². The quantitative estimate of drug-likeness (QED) is 0.771. The molecule has 1 rings (SSSR count). The second-order valence-electron chi connectivity index (χ2n) is 4.21. The SMILES string of the molecule is CCS(=O)(=O)CCNC(C)CCc1ccco1. The van der Waals surface area contributed by atoms with Gasteiger partial charge in [-0.15, -0.1) is 0 Å². The van der Waals surface area contributed by atoms with Crippen LogP contribution in [-0.2, 0) is 16.3 Å². The molecule has 1 heterocycles. The molecule has 4 nitrogen and oxygen atoms in total. The Morgan fingerprint density at radius 2 is 2.24 bits per heavy atom. The standard InChI is InChI=1S/C12H21NO3S/c1-3-17(14,15)10-8-13-11(2)6-7-12-5-4-9-16-12/h4-5,9,11,13H,3,6-8,10H2,1-2H3. The Kier molecular flexibility index (Phi) is 5.71. The first-order valence-electron chi connectivity index (χ1n) is 5.99. The van der Waals surface area contributed by atoms with E-state index in [2.05, 4.69) is 12.2 Å². The van der Waals surface area contributed by atoms with Gasteiger partial charge in [-0.05, 0) is 25.5 Å². The highest BCUT2D eigenvalue weighted by Crippen LogP contribution is 2.05. The first-order valence-corrected chi connectivity index (χ1v) is 7.82. The third-order valence-electron chi connectivity index (χ3n) is 2.75. The molecular weight excluding hydrogens is 238 g/mol. The molecule has 1 N–H and O–H groups in total. The monoisotopic (exact) mass is 259 g/mol. The topological polar surface area (TPSA) is 59.3 Å². The molecule has 0 saturated heterocycles. The Morgan fingerprint density at radius 3 is 2.82 bits per heavy atom. The van der Waals surface area contributed by atoms with Crippen molar-refractivity contribution in [3.05, 3.63) is 24.2 Å². The summed E-state index contributed by atoms with van der Waals surface area (Å²) in [6.07, 6.45) is 3.49. The molecule has 17 heavy (non-hydrogen) atoms. The van der Waals surface area contributed by atoms with Gasteiger partial charge in [0, 0.05) is 24.8 Å². The Bertz CT molecular complexity index is 397. The molecule has 5 heteroatoms. The minimum Gasteiger partial charge on any atom is -0.469 e. The summed E-state index contributed by atoms with van der Waals surface area (Å²) < 4.78 is 27.8. The Morgan fingerprint density at radius 1 is 1.47 bits per heavy atom. The van der Waals surface area contributed by atoms with Gasteiger partial charge >= 0.3 is 0 Å². The van der Waals surface area contributed by atoms with Crippen molar-refractivity contribution in [1.29, 1.82) is 0 Å². The van der Waals surface area contributed by atoms with Crippen molar-refractivity contribution >= 4 is 9.84 Å². The lowest BCUT2D eigenvalue weighted by Crippen LogP contribution is -2.31. The summed E-state index contributed by atoms with van der Waals surface area (Å²) in [6, 6.07) is 4.13. The molecule has 0 bridgehead atoms. The predicted molar refractivity (Wildman–Crippen MR) is 68.8 cm³/mol. The van der Waals surface area contributed by atoms with Gasteiger partial charge in [-0.2, -0.15) is 0 Å². The first kappa shape index (κ1) is 14.3. The Hall–Kier alpha value is -0.810. The van der Waals surface area contributed by atoms with E-state index in [1.165, 1.54) is 0 Å². The minimum absolute atomic E-state index is 0.217. The van der Waals surface area contributed by atoms with Crippen LogP contribution < -0.4 is 5.32 Å². The van der Waals surface area contributed by atoms with Crippen molar-refractivity contribution in [2.45, 2.75) is 32.7 Å². The highest BCUT2D eigenvalue weighted by Gasteiger charge is 2.08. The van der Waals surface area contributed by atoms with Gasteiger partial charge in [-0.1, -0.05) is 6.92 Å². The zero-order valence-corrected chi connectivity index (χ0v) is 11.3. The van der Waals surface area contributed by atoms with Crippen molar-refractivity contribution in [2.24, 2.45) is 0 Å². The van der Waals surface area contributed by atoms with Crippen LogP contribution in [0.5, 0.6) is 0 Å². The van der Waals surface area contributed by atoms with Gasteiger partial charge in [0.1, 0.15) is 5.76 Å². The maximum absolute atomic E-state index is 11.3. The fourth-order valence-corrected chi connectivity index (χ4v) is 2.24. The van der Waals surface area contributed by atoms with Gasteiger partial charge in [0.15, 0.2) is 9.84 Å². The molecular formula is C12H21NO3S. The summed E-state index contributed by atoms with van der Waals surface area (Å²) in [4.78, 5) is 0. The average Bonchev–Trinajstić information content (AvgIpc) is 2.79.